The highest BCUT2D eigenvalue weighted by molar-refractivity contribution is 6.07. The maximum Gasteiger partial charge on any atom is 0.244 e. The van der Waals surface area contributed by atoms with Crippen molar-refractivity contribution >= 4 is 33.1 Å². The number of benzene rings is 2. The molecule has 0 unspecified atom stereocenters. The normalized spacial score (nSPS) is 11.8. The Labute approximate surface area is 138 Å². The van der Waals surface area contributed by atoms with E-state index in [2.05, 4.69) is 46.2 Å². The lowest BCUT2D eigenvalue weighted by Crippen LogP contribution is -2.26. The maximum atomic E-state index is 5.96. The van der Waals surface area contributed by atoms with Crippen molar-refractivity contribution in [3.8, 4) is 5.69 Å². The van der Waals surface area contributed by atoms with E-state index in [0.29, 0.717) is 5.71 Å². The van der Waals surface area contributed by atoms with Gasteiger partial charge in [-0.2, -0.15) is 0 Å². The first-order valence-electron chi connectivity index (χ1n) is 7.90. The van der Waals surface area contributed by atoms with Gasteiger partial charge in [-0.25, -0.2) is 4.98 Å². The highest BCUT2D eigenvalue weighted by Gasteiger charge is 2.13. The highest BCUT2D eigenvalue weighted by atomic mass is 16.3. The van der Waals surface area contributed by atoms with E-state index in [4.69, 9.17) is 4.42 Å². The number of aromatic nitrogens is 3. The Morgan fingerprint density at radius 1 is 1.04 bits per heavy atom. The number of hydrogen-bond donors (Lipinski definition) is 0. The number of pyridine rings is 1. The van der Waals surface area contributed by atoms with Crippen LogP contribution >= 0.6 is 0 Å². The Morgan fingerprint density at radius 2 is 1.88 bits per heavy atom. The van der Waals surface area contributed by atoms with Gasteiger partial charge in [0.05, 0.1) is 23.8 Å². The van der Waals surface area contributed by atoms with E-state index in [1.165, 1.54) is 0 Å². The van der Waals surface area contributed by atoms with Gasteiger partial charge in [0.1, 0.15) is 5.58 Å². The first kappa shape index (κ1) is 13.3. The molecule has 0 bridgehead atoms. The predicted molar refractivity (Wildman–Crippen MR) is 93.1 cm³/mol. The van der Waals surface area contributed by atoms with Crippen LogP contribution in [0.1, 0.15) is 5.69 Å². The zero-order chi connectivity index (χ0) is 16.3. The van der Waals surface area contributed by atoms with Crippen molar-refractivity contribution in [3.05, 3.63) is 66.6 Å². The third-order valence-electron chi connectivity index (χ3n) is 4.44. The Morgan fingerprint density at radius 3 is 2.71 bits per heavy atom. The molecule has 0 amide bonds. The zero-order valence-corrected chi connectivity index (χ0v) is 13.4. The summed E-state index contributed by atoms with van der Waals surface area (Å²) < 4.78 is 10.0. The number of furan rings is 1. The van der Waals surface area contributed by atoms with Gasteiger partial charge >= 0.3 is 0 Å². The quantitative estimate of drug-likeness (QED) is 0.348. The number of para-hydroxylation sites is 1. The molecule has 0 spiro atoms. The summed E-state index contributed by atoms with van der Waals surface area (Å²) in [6.07, 6.45) is 3.37. The Bertz CT molecular complexity index is 1220. The summed E-state index contributed by atoms with van der Waals surface area (Å²) in [5.41, 5.74) is 5.76. The smallest absolute Gasteiger partial charge is 0.244 e. The third kappa shape index (κ3) is 1.80. The molecule has 0 saturated heterocycles. The summed E-state index contributed by atoms with van der Waals surface area (Å²) in [4.78, 5) is 4.50. The second-order valence-electron chi connectivity index (χ2n) is 6.07. The van der Waals surface area contributed by atoms with Gasteiger partial charge in [-0.3, -0.25) is 0 Å². The summed E-state index contributed by atoms with van der Waals surface area (Å²) in [6.45, 7) is 1.97. The average molecular weight is 313 g/mol. The van der Waals surface area contributed by atoms with Gasteiger partial charge in [0.25, 0.3) is 0 Å². The van der Waals surface area contributed by atoms with Gasteiger partial charge in [0.15, 0.2) is 0 Å². The summed E-state index contributed by atoms with van der Waals surface area (Å²) in [7, 11) is 2.00. The molecule has 3 heterocycles. The lowest BCUT2D eigenvalue weighted by Gasteiger charge is -2.04. The highest BCUT2D eigenvalue weighted by Crippen LogP contribution is 2.31. The molecule has 0 atom stereocenters. The van der Waals surface area contributed by atoms with Crippen LogP contribution in [0.25, 0.3) is 38.8 Å². The Kier molecular flexibility index (Phi) is 2.59. The van der Waals surface area contributed by atoms with Crippen LogP contribution in [-0.4, -0.2) is 9.55 Å². The van der Waals surface area contributed by atoms with Gasteiger partial charge in [-0.1, -0.05) is 36.4 Å². The van der Waals surface area contributed by atoms with Crippen molar-refractivity contribution in [2.75, 3.05) is 0 Å². The van der Waals surface area contributed by atoms with Gasteiger partial charge in [0.2, 0.25) is 12.0 Å². The van der Waals surface area contributed by atoms with Crippen LogP contribution in [0.5, 0.6) is 0 Å². The SMILES string of the molecule is Cc1ccc2c(n1)oc1cc3c(cc12)n(-c1ccccc1)[c-][n+]3C. The molecule has 0 saturated carbocycles. The van der Waals surface area contributed by atoms with E-state index >= 15 is 0 Å². The van der Waals surface area contributed by atoms with Crippen LogP contribution < -0.4 is 4.57 Å². The number of hydrogen-bond acceptors (Lipinski definition) is 2. The number of imidazole rings is 1. The molecule has 0 aliphatic rings. The molecular formula is C20H15N3O. The molecule has 3 aromatic heterocycles. The van der Waals surface area contributed by atoms with Crippen molar-refractivity contribution in [3.63, 3.8) is 0 Å². The van der Waals surface area contributed by atoms with Crippen LogP contribution in [0.4, 0.5) is 0 Å². The van der Waals surface area contributed by atoms with E-state index in [-0.39, 0.29) is 0 Å². The Hall–Kier alpha value is -3.14. The number of rotatable bonds is 1. The molecule has 5 rings (SSSR count). The number of fused-ring (bicyclic) bond motifs is 4. The molecule has 4 heteroatoms. The molecule has 0 N–H and O–H groups in total. The molecule has 0 fully saturated rings. The van der Waals surface area contributed by atoms with E-state index in [0.717, 1.165) is 38.8 Å². The molecule has 4 nitrogen and oxygen atoms in total. The van der Waals surface area contributed by atoms with Crippen molar-refractivity contribution in [2.45, 2.75) is 6.92 Å². The Balaban J connectivity index is 1.90. The predicted octanol–water partition coefficient (Wildman–Crippen LogP) is 3.86. The summed E-state index contributed by atoms with van der Waals surface area (Å²) in [6, 6.07) is 18.6. The van der Waals surface area contributed by atoms with Gasteiger partial charge < -0.3 is 13.6 Å². The number of aryl methyl sites for hydroxylation is 2. The summed E-state index contributed by atoms with van der Waals surface area (Å²) in [5, 5.41) is 2.12. The van der Waals surface area contributed by atoms with Crippen LogP contribution in [0.2, 0.25) is 0 Å². The minimum atomic E-state index is 0.690. The van der Waals surface area contributed by atoms with Crippen molar-refractivity contribution in [1.82, 2.24) is 9.55 Å². The maximum absolute atomic E-state index is 5.96. The molecule has 2 aromatic carbocycles. The fraction of sp³-hybridized carbons (Fsp3) is 0.100. The van der Waals surface area contributed by atoms with E-state index < -0.39 is 0 Å². The molecule has 0 aliphatic carbocycles. The largest absolute Gasteiger partial charge is 0.438 e. The lowest BCUT2D eigenvalue weighted by molar-refractivity contribution is -0.649. The molecular weight excluding hydrogens is 298 g/mol. The summed E-state index contributed by atoms with van der Waals surface area (Å²) >= 11 is 0. The second-order valence-corrected chi connectivity index (χ2v) is 6.07. The van der Waals surface area contributed by atoms with Crippen LogP contribution in [0.3, 0.4) is 0 Å². The molecule has 0 radical (unpaired) electrons. The average Bonchev–Trinajstić information content (AvgIpc) is 3.11. The van der Waals surface area contributed by atoms with Crippen LogP contribution in [0, 0.1) is 13.3 Å². The lowest BCUT2D eigenvalue weighted by atomic mass is 10.1. The number of nitrogens with zero attached hydrogens (tertiary/aromatic N) is 3. The van der Waals surface area contributed by atoms with Gasteiger partial charge in [-0.05, 0) is 25.1 Å². The van der Waals surface area contributed by atoms with E-state index in [1.54, 1.807) is 0 Å². The van der Waals surface area contributed by atoms with Crippen LogP contribution in [-0.2, 0) is 7.05 Å². The molecule has 24 heavy (non-hydrogen) atoms. The monoisotopic (exact) mass is 313 g/mol. The second kappa shape index (κ2) is 4.68. The van der Waals surface area contributed by atoms with E-state index in [9.17, 15) is 0 Å². The van der Waals surface area contributed by atoms with Crippen molar-refractivity contribution in [1.29, 1.82) is 0 Å². The van der Waals surface area contributed by atoms with Crippen molar-refractivity contribution in [2.24, 2.45) is 7.05 Å². The van der Waals surface area contributed by atoms with Gasteiger partial charge in [0, 0.05) is 16.5 Å². The molecule has 5 aromatic rings. The molecule has 116 valence electrons. The van der Waals surface area contributed by atoms with Crippen molar-refractivity contribution < 1.29 is 8.98 Å². The standard InChI is InChI=1S/C20H15N3O/c1-13-8-9-15-16-10-18-17(11-19(16)24-20(15)21-13)22(2)12-23(18)14-6-4-3-5-7-14/h3-11H,1-2H3. The topological polar surface area (TPSA) is 34.8 Å². The first-order valence-corrected chi connectivity index (χ1v) is 7.90. The van der Waals surface area contributed by atoms with Crippen LogP contribution in [0.15, 0.2) is 59.0 Å². The minimum Gasteiger partial charge on any atom is -0.438 e. The summed E-state index contributed by atoms with van der Waals surface area (Å²) in [5.74, 6) is 0. The first-order chi connectivity index (χ1) is 11.7. The van der Waals surface area contributed by atoms with Gasteiger partial charge in [-0.15, -0.1) is 0 Å². The third-order valence-corrected chi connectivity index (χ3v) is 4.44. The minimum absolute atomic E-state index is 0.690. The fourth-order valence-electron chi connectivity index (χ4n) is 3.25. The fourth-order valence-corrected chi connectivity index (χ4v) is 3.25. The van der Waals surface area contributed by atoms with E-state index in [1.807, 2.05) is 42.8 Å². The zero-order valence-electron chi connectivity index (χ0n) is 13.4. The molecule has 0 aliphatic heterocycles.